The van der Waals surface area contributed by atoms with Crippen LogP contribution < -0.4 is 5.73 Å². The van der Waals surface area contributed by atoms with E-state index in [9.17, 15) is 0 Å². The molecule has 0 bridgehead atoms. The summed E-state index contributed by atoms with van der Waals surface area (Å²) in [5.74, 6) is 1.40. The molecule has 1 atom stereocenters. The van der Waals surface area contributed by atoms with Gasteiger partial charge in [-0.2, -0.15) is 4.98 Å². The zero-order valence-corrected chi connectivity index (χ0v) is 11.5. The van der Waals surface area contributed by atoms with Gasteiger partial charge in [-0.25, -0.2) is 0 Å². The van der Waals surface area contributed by atoms with Gasteiger partial charge in [0, 0.05) is 25.4 Å². The highest BCUT2D eigenvalue weighted by molar-refractivity contribution is 4.92. The van der Waals surface area contributed by atoms with Gasteiger partial charge >= 0.3 is 0 Å². The first-order chi connectivity index (χ1) is 7.79. The van der Waals surface area contributed by atoms with Crippen LogP contribution in [-0.4, -0.2) is 41.7 Å². The monoisotopic (exact) mass is 240 g/mol. The Labute approximate surface area is 103 Å². The minimum atomic E-state index is 0.0321. The van der Waals surface area contributed by atoms with E-state index < -0.39 is 0 Å². The van der Waals surface area contributed by atoms with E-state index in [1.165, 1.54) is 0 Å². The fraction of sp³-hybridized carbons (Fsp3) is 0.833. The topological polar surface area (TPSA) is 68.2 Å². The molecule has 5 heteroatoms. The lowest BCUT2D eigenvalue weighted by Crippen LogP contribution is -2.37. The second kappa shape index (κ2) is 5.60. The number of hydrogen-bond acceptors (Lipinski definition) is 5. The van der Waals surface area contributed by atoms with Crippen molar-refractivity contribution in [2.75, 3.05) is 20.6 Å². The molecular formula is C12H24N4O. The van der Waals surface area contributed by atoms with Crippen molar-refractivity contribution in [1.82, 2.24) is 15.0 Å². The molecule has 2 N–H and O–H groups in total. The molecule has 1 aromatic heterocycles. The van der Waals surface area contributed by atoms with Gasteiger partial charge in [-0.1, -0.05) is 25.9 Å². The smallest absolute Gasteiger partial charge is 0.228 e. The summed E-state index contributed by atoms with van der Waals surface area (Å²) < 4.78 is 5.20. The van der Waals surface area contributed by atoms with Crippen molar-refractivity contribution >= 4 is 0 Å². The molecule has 1 heterocycles. The van der Waals surface area contributed by atoms with Gasteiger partial charge in [-0.3, -0.25) is 0 Å². The van der Waals surface area contributed by atoms with Gasteiger partial charge in [0.1, 0.15) is 0 Å². The first kappa shape index (κ1) is 14.1. The third-order valence-electron chi connectivity index (χ3n) is 2.80. The average molecular weight is 240 g/mol. The summed E-state index contributed by atoms with van der Waals surface area (Å²) in [7, 11) is 4.05. The van der Waals surface area contributed by atoms with E-state index >= 15 is 0 Å². The van der Waals surface area contributed by atoms with E-state index in [1.54, 1.807) is 0 Å². The number of aromatic nitrogens is 2. The largest absolute Gasteiger partial charge is 0.339 e. The van der Waals surface area contributed by atoms with Gasteiger partial charge in [0.2, 0.25) is 5.89 Å². The van der Waals surface area contributed by atoms with Crippen LogP contribution in [0.1, 0.15) is 32.5 Å². The fourth-order valence-corrected chi connectivity index (χ4v) is 1.29. The van der Waals surface area contributed by atoms with Crippen molar-refractivity contribution < 1.29 is 4.52 Å². The highest BCUT2D eigenvalue weighted by Gasteiger charge is 2.23. The quantitative estimate of drug-likeness (QED) is 0.834. The van der Waals surface area contributed by atoms with Gasteiger partial charge in [-0.15, -0.1) is 0 Å². The number of hydrogen-bond donors (Lipinski definition) is 1. The van der Waals surface area contributed by atoms with E-state index in [0.29, 0.717) is 12.3 Å². The Bertz CT molecular complexity index is 341. The molecule has 0 saturated carbocycles. The number of nitrogens with two attached hydrogens (primary N) is 1. The van der Waals surface area contributed by atoms with Crippen LogP contribution in [0.25, 0.3) is 0 Å². The SMILES string of the molecule is CN(C)CCc1noc(CC(N)C(C)(C)C)n1. The van der Waals surface area contributed by atoms with Crippen LogP contribution in [0.4, 0.5) is 0 Å². The average Bonchev–Trinajstić information content (AvgIpc) is 2.61. The summed E-state index contributed by atoms with van der Waals surface area (Å²) in [6.45, 7) is 7.26. The number of rotatable bonds is 5. The van der Waals surface area contributed by atoms with Gasteiger partial charge in [0.15, 0.2) is 5.82 Å². The third-order valence-corrected chi connectivity index (χ3v) is 2.80. The molecule has 0 radical (unpaired) electrons. The predicted molar refractivity (Wildman–Crippen MR) is 67.7 cm³/mol. The first-order valence-electron chi connectivity index (χ1n) is 6.01. The predicted octanol–water partition coefficient (Wildman–Crippen LogP) is 1.09. The molecule has 0 aliphatic carbocycles. The summed E-state index contributed by atoms with van der Waals surface area (Å²) in [6.07, 6.45) is 1.44. The molecule has 0 aromatic carbocycles. The molecule has 0 amide bonds. The summed E-state index contributed by atoms with van der Waals surface area (Å²) in [6, 6.07) is 0.0321. The highest BCUT2D eigenvalue weighted by atomic mass is 16.5. The van der Waals surface area contributed by atoms with Crippen LogP contribution in [0, 0.1) is 5.41 Å². The van der Waals surface area contributed by atoms with Crippen LogP contribution >= 0.6 is 0 Å². The van der Waals surface area contributed by atoms with Crippen LogP contribution in [0.15, 0.2) is 4.52 Å². The highest BCUT2D eigenvalue weighted by Crippen LogP contribution is 2.20. The lowest BCUT2D eigenvalue weighted by Gasteiger charge is -2.25. The lowest BCUT2D eigenvalue weighted by molar-refractivity contribution is 0.285. The van der Waals surface area contributed by atoms with E-state index in [-0.39, 0.29) is 11.5 Å². The molecule has 0 saturated heterocycles. The molecule has 0 spiro atoms. The van der Waals surface area contributed by atoms with E-state index in [4.69, 9.17) is 10.3 Å². The van der Waals surface area contributed by atoms with Crippen LogP contribution in [0.5, 0.6) is 0 Å². The van der Waals surface area contributed by atoms with Gasteiger partial charge in [0.05, 0.1) is 0 Å². The van der Waals surface area contributed by atoms with Crippen molar-refractivity contribution in [1.29, 1.82) is 0 Å². The second-order valence-electron chi connectivity index (χ2n) is 5.83. The normalized spacial score (nSPS) is 14.3. The summed E-state index contributed by atoms with van der Waals surface area (Å²) >= 11 is 0. The zero-order valence-electron chi connectivity index (χ0n) is 11.5. The fourth-order valence-electron chi connectivity index (χ4n) is 1.29. The Balaban J connectivity index is 2.51. The van der Waals surface area contributed by atoms with Gasteiger partial charge < -0.3 is 15.2 Å². The van der Waals surface area contributed by atoms with Crippen LogP contribution in [-0.2, 0) is 12.8 Å². The zero-order chi connectivity index (χ0) is 13.1. The Hall–Kier alpha value is -0.940. The second-order valence-corrected chi connectivity index (χ2v) is 5.83. The molecule has 1 rings (SSSR count). The molecule has 1 aromatic rings. The van der Waals surface area contributed by atoms with Crippen molar-refractivity contribution in [3.8, 4) is 0 Å². The maximum atomic E-state index is 6.08. The molecule has 17 heavy (non-hydrogen) atoms. The Morgan fingerprint density at radius 1 is 1.35 bits per heavy atom. The lowest BCUT2D eigenvalue weighted by atomic mass is 9.85. The molecule has 98 valence electrons. The Morgan fingerprint density at radius 2 is 2.00 bits per heavy atom. The minimum Gasteiger partial charge on any atom is -0.339 e. The van der Waals surface area contributed by atoms with E-state index in [1.807, 2.05) is 14.1 Å². The maximum Gasteiger partial charge on any atom is 0.228 e. The van der Waals surface area contributed by atoms with Gasteiger partial charge in [-0.05, 0) is 19.5 Å². The van der Waals surface area contributed by atoms with Crippen LogP contribution in [0.2, 0.25) is 0 Å². The minimum absolute atomic E-state index is 0.0321. The number of nitrogens with zero attached hydrogens (tertiary/aromatic N) is 3. The summed E-state index contributed by atoms with van der Waals surface area (Å²) in [4.78, 5) is 6.45. The molecule has 5 nitrogen and oxygen atoms in total. The standard InChI is InChI=1S/C12H24N4O/c1-12(2,3)9(13)8-11-14-10(15-17-11)6-7-16(4)5/h9H,6-8,13H2,1-5H3. The Morgan fingerprint density at radius 3 is 2.53 bits per heavy atom. The number of likely N-dealkylation sites (N-methyl/N-ethyl adjacent to an activating group) is 1. The molecule has 1 unspecified atom stereocenters. The van der Waals surface area contributed by atoms with Crippen molar-refractivity contribution in [3.63, 3.8) is 0 Å². The molecule has 0 aliphatic rings. The maximum absolute atomic E-state index is 6.08. The first-order valence-corrected chi connectivity index (χ1v) is 6.01. The summed E-state index contributed by atoms with van der Waals surface area (Å²) in [5.41, 5.74) is 6.13. The Kier molecular flexibility index (Phi) is 4.65. The third kappa shape index (κ3) is 4.83. The van der Waals surface area contributed by atoms with E-state index in [2.05, 4.69) is 35.8 Å². The van der Waals surface area contributed by atoms with Crippen molar-refractivity contribution in [2.24, 2.45) is 11.1 Å². The summed E-state index contributed by atoms with van der Waals surface area (Å²) in [5, 5.41) is 3.95. The van der Waals surface area contributed by atoms with Crippen molar-refractivity contribution in [2.45, 2.75) is 39.7 Å². The van der Waals surface area contributed by atoms with Crippen molar-refractivity contribution in [3.05, 3.63) is 11.7 Å². The van der Waals surface area contributed by atoms with Crippen LogP contribution in [0.3, 0.4) is 0 Å². The molecule has 0 aliphatic heterocycles. The molecular weight excluding hydrogens is 216 g/mol. The van der Waals surface area contributed by atoms with E-state index in [0.717, 1.165) is 18.8 Å². The molecule has 0 fully saturated rings. The van der Waals surface area contributed by atoms with Gasteiger partial charge in [0.25, 0.3) is 0 Å².